The van der Waals surface area contributed by atoms with Gasteiger partial charge in [-0.15, -0.1) is 0 Å². The number of nitrogens with two attached hydrogens (primary N) is 1. The van der Waals surface area contributed by atoms with E-state index in [2.05, 4.69) is 15.6 Å². The molecule has 0 radical (unpaired) electrons. The third-order valence-corrected chi connectivity index (χ3v) is 4.46. The average Bonchev–Trinajstić information content (AvgIpc) is 3.04. The Morgan fingerprint density at radius 1 is 1.11 bits per heavy atom. The van der Waals surface area contributed by atoms with Crippen molar-refractivity contribution in [1.29, 1.82) is 0 Å². The number of rotatable bonds is 7. The third-order valence-electron chi connectivity index (χ3n) is 3.32. The first-order valence-electron chi connectivity index (χ1n) is 7.82. The first-order valence-corrected chi connectivity index (χ1v) is 9.01. The molecule has 0 saturated heterocycles. The van der Waals surface area contributed by atoms with Crippen LogP contribution >= 0.6 is 22.9 Å². The average molecular weight is 403 g/mol. The third kappa shape index (κ3) is 5.19. The monoisotopic (exact) mass is 402 g/mol. The van der Waals surface area contributed by atoms with Crippen LogP contribution in [0.25, 0.3) is 0 Å². The highest BCUT2D eigenvalue weighted by molar-refractivity contribution is 7.20. The highest BCUT2D eigenvalue weighted by Gasteiger charge is 2.18. The minimum atomic E-state index is -0.735. The standard InChI is InChI=1S/C18H15ClN4O3S/c19-11-6-8-13(9-7-11)26-10-14(24)22-17-15(16(20)25)23-18(27-17)21-12-4-2-1-3-5-12/h1-9H,10H2,(H2,20,25)(H,21,23)(H,22,24). The number of nitrogens with one attached hydrogen (secondary N) is 2. The van der Waals surface area contributed by atoms with Gasteiger partial charge >= 0.3 is 0 Å². The van der Waals surface area contributed by atoms with Crippen molar-refractivity contribution in [2.45, 2.75) is 0 Å². The predicted molar refractivity (Wildman–Crippen MR) is 106 cm³/mol. The van der Waals surface area contributed by atoms with Gasteiger partial charge < -0.3 is 21.1 Å². The quantitative estimate of drug-likeness (QED) is 0.559. The van der Waals surface area contributed by atoms with E-state index in [-0.39, 0.29) is 17.3 Å². The number of carbonyl (C=O) groups excluding carboxylic acids is 2. The lowest BCUT2D eigenvalue weighted by molar-refractivity contribution is -0.118. The molecule has 3 rings (SSSR count). The summed E-state index contributed by atoms with van der Waals surface area (Å²) in [5.74, 6) is -0.677. The van der Waals surface area contributed by atoms with Gasteiger partial charge in [-0.3, -0.25) is 9.59 Å². The molecule has 2 aromatic carbocycles. The van der Waals surface area contributed by atoms with Crippen molar-refractivity contribution in [1.82, 2.24) is 4.98 Å². The molecule has 0 spiro atoms. The molecule has 0 bridgehead atoms. The molecule has 0 aliphatic carbocycles. The molecule has 0 aliphatic heterocycles. The fourth-order valence-electron chi connectivity index (χ4n) is 2.11. The fraction of sp³-hybridized carbons (Fsp3) is 0.0556. The Morgan fingerprint density at radius 3 is 2.48 bits per heavy atom. The maximum Gasteiger partial charge on any atom is 0.270 e. The molecule has 3 aromatic rings. The number of para-hydroxylation sites is 1. The van der Waals surface area contributed by atoms with Crippen LogP contribution in [0.15, 0.2) is 54.6 Å². The van der Waals surface area contributed by atoms with Crippen molar-refractivity contribution >= 4 is 50.6 Å². The zero-order valence-corrected chi connectivity index (χ0v) is 15.5. The molecule has 27 heavy (non-hydrogen) atoms. The number of aromatic nitrogens is 1. The highest BCUT2D eigenvalue weighted by Crippen LogP contribution is 2.30. The summed E-state index contributed by atoms with van der Waals surface area (Å²) < 4.78 is 5.38. The van der Waals surface area contributed by atoms with Crippen LogP contribution in [0.2, 0.25) is 5.02 Å². The number of amides is 2. The molecular weight excluding hydrogens is 388 g/mol. The number of primary amides is 1. The number of benzene rings is 2. The summed E-state index contributed by atoms with van der Waals surface area (Å²) >= 11 is 6.91. The van der Waals surface area contributed by atoms with Crippen molar-refractivity contribution in [3.63, 3.8) is 0 Å². The topological polar surface area (TPSA) is 106 Å². The Kier molecular flexibility index (Phi) is 5.90. The van der Waals surface area contributed by atoms with Gasteiger partial charge in [0.15, 0.2) is 17.4 Å². The number of halogens is 1. The van der Waals surface area contributed by atoms with Gasteiger partial charge in [-0.1, -0.05) is 41.1 Å². The van der Waals surface area contributed by atoms with Crippen LogP contribution in [0.1, 0.15) is 10.5 Å². The van der Waals surface area contributed by atoms with Crippen LogP contribution in [0.4, 0.5) is 15.8 Å². The number of thiazole rings is 1. The Morgan fingerprint density at radius 2 is 1.81 bits per heavy atom. The van der Waals surface area contributed by atoms with Crippen LogP contribution in [-0.4, -0.2) is 23.4 Å². The van der Waals surface area contributed by atoms with Crippen molar-refractivity contribution in [3.8, 4) is 5.75 Å². The summed E-state index contributed by atoms with van der Waals surface area (Å²) in [6.45, 7) is -0.237. The Bertz CT molecular complexity index is 945. The first kappa shape index (κ1) is 18.7. The number of nitrogens with zero attached hydrogens (tertiary/aromatic N) is 1. The molecule has 0 aliphatic rings. The van der Waals surface area contributed by atoms with Crippen LogP contribution in [0.5, 0.6) is 5.75 Å². The van der Waals surface area contributed by atoms with E-state index < -0.39 is 11.8 Å². The molecule has 0 unspecified atom stereocenters. The molecule has 0 atom stereocenters. The van der Waals surface area contributed by atoms with E-state index in [1.165, 1.54) is 0 Å². The predicted octanol–water partition coefficient (Wildman–Crippen LogP) is 3.66. The Balaban J connectivity index is 1.66. The molecule has 1 heterocycles. The van der Waals surface area contributed by atoms with Crippen molar-refractivity contribution in [3.05, 3.63) is 65.3 Å². The van der Waals surface area contributed by atoms with Gasteiger partial charge in [0.1, 0.15) is 10.8 Å². The van der Waals surface area contributed by atoms with E-state index in [9.17, 15) is 9.59 Å². The lowest BCUT2D eigenvalue weighted by Gasteiger charge is -2.06. The van der Waals surface area contributed by atoms with E-state index in [0.29, 0.717) is 15.9 Å². The summed E-state index contributed by atoms with van der Waals surface area (Å²) in [5.41, 5.74) is 6.14. The molecule has 1 aromatic heterocycles. The van der Waals surface area contributed by atoms with Crippen LogP contribution in [-0.2, 0) is 4.79 Å². The van der Waals surface area contributed by atoms with Gasteiger partial charge in [-0.05, 0) is 36.4 Å². The van der Waals surface area contributed by atoms with Gasteiger partial charge in [-0.25, -0.2) is 4.98 Å². The highest BCUT2D eigenvalue weighted by atomic mass is 35.5. The summed E-state index contributed by atoms with van der Waals surface area (Å²) in [7, 11) is 0. The lowest BCUT2D eigenvalue weighted by atomic mass is 10.3. The molecule has 4 N–H and O–H groups in total. The maximum absolute atomic E-state index is 12.1. The summed E-state index contributed by atoms with van der Waals surface area (Å²) in [4.78, 5) is 27.9. The second kappa shape index (κ2) is 8.52. The van der Waals surface area contributed by atoms with Gasteiger partial charge in [0.05, 0.1) is 0 Å². The number of hydrogen-bond donors (Lipinski definition) is 3. The number of ether oxygens (including phenoxy) is 1. The van der Waals surface area contributed by atoms with Gasteiger partial charge in [-0.2, -0.15) is 0 Å². The Hall–Kier alpha value is -3.10. The largest absolute Gasteiger partial charge is 0.484 e. The van der Waals surface area contributed by atoms with Gasteiger partial charge in [0.25, 0.3) is 11.8 Å². The minimum absolute atomic E-state index is 0.0155. The van der Waals surface area contributed by atoms with Crippen molar-refractivity contribution in [2.75, 3.05) is 17.2 Å². The van der Waals surface area contributed by atoms with E-state index in [1.54, 1.807) is 24.3 Å². The zero-order valence-electron chi connectivity index (χ0n) is 13.9. The van der Waals surface area contributed by atoms with Crippen molar-refractivity contribution in [2.24, 2.45) is 5.73 Å². The fourth-order valence-corrected chi connectivity index (χ4v) is 3.15. The van der Waals surface area contributed by atoms with E-state index in [1.807, 2.05) is 30.3 Å². The second-order valence-corrected chi connectivity index (χ2v) is 6.78. The number of hydrogen-bond acceptors (Lipinski definition) is 6. The lowest BCUT2D eigenvalue weighted by Crippen LogP contribution is -2.22. The van der Waals surface area contributed by atoms with Crippen LogP contribution < -0.4 is 21.1 Å². The van der Waals surface area contributed by atoms with Gasteiger partial charge in [0.2, 0.25) is 0 Å². The first-order chi connectivity index (χ1) is 13.0. The maximum atomic E-state index is 12.1. The zero-order chi connectivity index (χ0) is 19.2. The molecule has 138 valence electrons. The number of anilines is 3. The molecule has 0 fully saturated rings. The molecule has 2 amide bonds. The van der Waals surface area contributed by atoms with Crippen LogP contribution in [0, 0.1) is 0 Å². The smallest absolute Gasteiger partial charge is 0.270 e. The normalized spacial score (nSPS) is 10.3. The van der Waals surface area contributed by atoms with E-state index >= 15 is 0 Å². The summed E-state index contributed by atoms with van der Waals surface area (Å²) in [5, 5.41) is 6.93. The summed E-state index contributed by atoms with van der Waals surface area (Å²) in [6.07, 6.45) is 0. The number of carbonyl (C=O) groups is 2. The minimum Gasteiger partial charge on any atom is -0.484 e. The van der Waals surface area contributed by atoms with Crippen molar-refractivity contribution < 1.29 is 14.3 Å². The molecule has 7 nitrogen and oxygen atoms in total. The van der Waals surface area contributed by atoms with E-state index in [0.717, 1.165) is 17.0 Å². The SMILES string of the molecule is NC(=O)c1nc(Nc2ccccc2)sc1NC(=O)COc1ccc(Cl)cc1. The summed E-state index contributed by atoms with van der Waals surface area (Å²) in [6, 6.07) is 15.9. The van der Waals surface area contributed by atoms with Gasteiger partial charge in [0, 0.05) is 10.7 Å². The Labute approximate surface area is 164 Å². The molecular formula is C18H15ClN4O3S. The van der Waals surface area contributed by atoms with E-state index in [4.69, 9.17) is 22.1 Å². The van der Waals surface area contributed by atoms with Crippen LogP contribution in [0.3, 0.4) is 0 Å². The second-order valence-electron chi connectivity index (χ2n) is 5.34. The molecule has 9 heteroatoms. The molecule has 0 saturated carbocycles.